The zero-order chi connectivity index (χ0) is 15.1. The molecule has 3 aliphatic rings. The number of hydrogen-bond acceptors (Lipinski definition) is 4. The van der Waals surface area contributed by atoms with Crippen molar-refractivity contribution in [2.75, 3.05) is 32.0 Å². The Hall–Kier alpha value is -0.660. The Morgan fingerprint density at radius 3 is 2.86 bits per heavy atom. The van der Waals surface area contributed by atoms with Crippen molar-refractivity contribution in [1.82, 2.24) is 9.21 Å². The van der Waals surface area contributed by atoms with E-state index in [4.69, 9.17) is 4.74 Å². The van der Waals surface area contributed by atoms with E-state index in [0.29, 0.717) is 26.1 Å². The highest BCUT2D eigenvalue weighted by Gasteiger charge is 2.47. The van der Waals surface area contributed by atoms with Crippen molar-refractivity contribution in [2.24, 2.45) is 0 Å². The molecule has 0 radical (unpaired) electrons. The Morgan fingerprint density at radius 1 is 1.38 bits per heavy atom. The molecular formula is C14H24N2O4S. The molecule has 120 valence electrons. The normalized spacial score (nSPS) is 35.0. The molecule has 0 aromatic carbocycles. The van der Waals surface area contributed by atoms with Crippen molar-refractivity contribution in [3.63, 3.8) is 0 Å². The van der Waals surface area contributed by atoms with E-state index in [1.807, 2.05) is 4.90 Å². The molecule has 3 rings (SSSR count). The molecule has 1 spiro atoms. The molecule has 0 aromatic rings. The molecule has 3 heterocycles. The zero-order valence-electron chi connectivity index (χ0n) is 12.6. The molecule has 0 unspecified atom stereocenters. The number of hydrogen-bond donors (Lipinski definition) is 0. The van der Waals surface area contributed by atoms with Crippen molar-refractivity contribution in [1.29, 1.82) is 0 Å². The zero-order valence-corrected chi connectivity index (χ0v) is 13.4. The van der Waals surface area contributed by atoms with E-state index in [1.165, 1.54) is 0 Å². The van der Waals surface area contributed by atoms with Gasteiger partial charge in [0.1, 0.15) is 0 Å². The lowest BCUT2D eigenvalue weighted by Crippen LogP contribution is -2.50. The van der Waals surface area contributed by atoms with Gasteiger partial charge in [0.15, 0.2) is 0 Å². The van der Waals surface area contributed by atoms with Crippen LogP contribution in [0.2, 0.25) is 0 Å². The van der Waals surface area contributed by atoms with Gasteiger partial charge in [0.2, 0.25) is 15.9 Å². The van der Waals surface area contributed by atoms with E-state index >= 15 is 0 Å². The summed E-state index contributed by atoms with van der Waals surface area (Å²) < 4.78 is 31.6. The number of nitrogens with zero attached hydrogens (tertiary/aromatic N) is 2. The van der Waals surface area contributed by atoms with Gasteiger partial charge in [0.25, 0.3) is 0 Å². The second kappa shape index (κ2) is 5.52. The fourth-order valence-corrected chi connectivity index (χ4v) is 5.00. The number of amides is 1. The van der Waals surface area contributed by atoms with Gasteiger partial charge >= 0.3 is 0 Å². The third kappa shape index (κ3) is 2.83. The summed E-state index contributed by atoms with van der Waals surface area (Å²) >= 11 is 0. The summed E-state index contributed by atoms with van der Waals surface area (Å²) in [5, 5.41) is 0. The molecule has 0 aliphatic carbocycles. The molecule has 1 amide bonds. The highest BCUT2D eigenvalue weighted by Crippen LogP contribution is 2.37. The second-order valence-electron chi connectivity index (χ2n) is 6.35. The SMILES string of the molecule is CCS(=O)(=O)N1CC[C@@]2(C[C@@H](N3CCCC3=O)CCO2)C1. The van der Waals surface area contributed by atoms with Gasteiger partial charge in [-0.15, -0.1) is 0 Å². The van der Waals surface area contributed by atoms with Crippen LogP contribution < -0.4 is 0 Å². The Bertz CT molecular complexity index is 521. The van der Waals surface area contributed by atoms with Crippen LogP contribution >= 0.6 is 0 Å². The number of carbonyl (C=O) groups excluding carboxylic acids is 1. The minimum absolute atomic E-state index is 0.136. The lowest BCUT2D eigenvalue weighted by atomic mass is 9.89. The summed E-state index contributed by atoms with van der Waals surface area (Å²) in [6.45, 7) is 4.12. The first-order valence-corrected chi connectivity index (χ1v) is 9.48. The van der Waals surface area contributed by atoms with Crippen LogP contribution in [0.4, 0.5) is 0 Å². The molecular weight excluding hydrogens is 292 g/mol. The predicted octanol–water partition coefficient (Wildman–Crippen LogP) is 0.582. The van der Waals surface area contributed by atoms with Gasteiger partial charge in [0, 0.05) is 38.7 Å². The smallest absolute Gasteiger partial charge is 0.222 e. The minimum atomic E-state index is -3.15. The monoisotopic (exact) mass is 316 g/mol. The van der Waals surface area contributed by atoms with Gasteiger partial charge in [-0.2, -0.15) is 4.31 Å². The van der Waals surface area contributed by atoms with Gasteiger partial charge in [-0.25, -0.2) is 8.42 Å². The van der Waals surface area contributed by atoms with Crippen LogP contribution in [0.25, 0.3) is 0 Å². The summed E-state index contributed by atoms with van der Waals surface area (Å²) in [7, 11) is -3.15. The average molecular weight is 316 g/mol. The quantitative estimate of drug-likeness (QED) is 0.764. The second-order valence-corrected chi connectivity index (χ2v) is 8.61. The first-order chi connectivity index (χ1) is 9.96. The summed E-state index contributed by atoms with van der Waals surface area (Å²) in [5.74, 6) is 0.380. The lowest BCUT2D eigenvalue weighted by Gasteiger charge is -2.41. The number of rotatable bonds is 3. The fourth-order valence-electron chi connectivity index (χ4n) is 3.84. The Kier molecular flexibility index (Phi) is 4.00. The molecule has 7 heteroatoms. The first-order valence-electron chi connectivity index (χ1n) is 7.87. The van der Waals surface area contributed by atoms with Crippen molar-refractivity contribution in [3.05, 3.63) is 0 Å². The third-order valence-corrected chi connectivity index (χ3v) is 6.89. The molecule has 3 saturated heterocycles. The largest absolute Gasteiger partial charge is 0.373 e. The van der Waals surface area contributed by atoms with Crippen LogP contribution in [0.15, 0.2) is 0 Å². The summed E-state index contributed by atoms with van der Waals surface area (Å²) in [4.78, 5) is 13.9. The molecule has 0 N–H and O–H groups in total. The van der Waals surface area contributed by atoms with E-state index in [-0.39, 0.29) is 23.3 Å². The summed E-state index contributed by atoms with van der Waals surface area (Å²) in [6, 6.07) is 0.220. The Labute approximate surface area is 126 Å². The third-order valence-electron chi connectivity index (χ3n) is 5.06. The Morgan fingerprint density at radius 2 is 2.19 bits per heavy atom. The van der Waals surface area contributed by atoms with Crippen LogP contribution in [-0.2, 0) is 19.6 Å². The van der Waals surface area contributed by atoms with Crippen molar-refractivity contribution >= 4 is 15.9 Å². The van der Waals surface area contributed by atoms with Gasteiger partial charge in [0.05, 0.1) is 11.4 Å². The number of ether oxygens (including phenoxy) is 1. The summed E-state index contributed by atoms with van der Waals surface area (Å²) in [6.07, 6.45) is 3.98. The van der Waals surface area contributed by atoms with Gasteiger partial charge in [-0.1, -0.05) is 0 Å². The molecule has 3 aliphatic heterocycles. The van der Waals surface area contributed by atoms with E-state index < -0.39 is 10.0 Å². The van der Waals surface area contributed by atoms with E-state index in [1.54, 1.807) is 11.2 Å². The van der Waals surface area contributed by atoms with Gasteiger partial charge < -0.3 is 9.64 Å². The lowest BCUT2D eigenvalue weighted by molar-refractivity contribution is -0.137. The van der Waals surface area contributed by atoms with Crippen LogP contribution in [-0.4, -0.2) is 67.2 Å². The molecule has 6 nitrogen and oxygen atoms in total. The molecule has 21 heavy (non-hydrogen) atoms. The average Bonchev–Trinajstić information content (AvgIpc) is 3.06. The van der Waals surface area contributed by atoms with Crippen LogP contribution in [0.3, 0.4) is 0 Å². The van der Waals surface area contributed by atoms with Crippen molar-refractivity contribution < 1.29 is 17.9 Å². The maximum atomic E-state index is 12.0. The number of sulfonamides is 1. The molecule has 0 aromatic heterocycles. The Balaban J connectivity index is 1.70. The molecule has 0 saturated carbocycles. The van der Waals surface area contributed by atoms with Gasteiger partial charge in [-0.3, -0.25) is 4.79 Å². The number of likely N-dealkylation sites (tertiary alicyclic amines) is 1. The standard InChI is InChI=1S/C14H24N2O4S/c1-2-21(18,19)15-8-6-14(11-15)10-12(5-9-20-14)16-7-3-4-13(16)17/h12H,2-11H2,1H3/t12-,14+/m0/s1. The highest BCUT2D eigenvalue weighted by molar-refractivity contribution is 7.89. The van der Waals surface area contributed by atoms with Crippen LogP contribution in [0.5, 0.6) is 0 Å². The summed E-state index contributed by atoms with van der Waals surface area (Å²) in [5.41, 5.74) is -0.381. The van der Waals surface area contributed by atoms with E-state index in [0.717, 1.165) is 32.2 Å². The van der Waals surface area contributed by atoms with Crippen LogP contribution in [0, 0.1) is 0 Å². The minimum Gasteiger partial charge on any atom is -0.373 e. The van der Waals surface area contributed by atoms with Gasteiger partial charge in [-0.05, 0) is 32.6 Å². The number of carbonyl (C=O) groups is 1. The molecule has 2 atom stereocenters. The van der Waals surface area contributed by atoms with Crippen molar-refractivity contribution in [3.8, 4) is 0 Å². The highest BCUT2D eigenvalue weighted by atomic mass is 32.2. The van der Waals surface area contributed by atoms with Crippen molar-refractivity contribution in [2.45, 2.75) is 50.7 Å². The van der Waals surface area contributed by atoms with E-state index in [2.05, 4.69) is 0 Å². The maximum absolute atomic E-state index is 12.0. The fraction of sp³-hybridized carbons (Fsp3) is 0.929. The van der Waals surface area contributed by atoms with E-state index in [9.17, 15) is 13.2 Å². The molecule has 0 bridgehead atoms. The molecule has 3 fully saturated rings. The topological polar surface area (TPSA) is 66.9 Å². The predicted molar refractivity (Wildman–Crippen MR) is 78.3 cm³/mol. The first kappa shape index (κ1) is 15.2. The maximum Gasteiger partial charge on any atom is 0.222 e. The van der Waals surface area contributed by atoms with Crippen LogP contribution in [0.1, 0.15) is 39.0 Å².